The van der Waals surface area contributed by atoms with Crippen molar-refractivity contribution < 1.29 is 42.9 Å². The van der Waals surface area contributed by atoms with Crippen molar-refractivity contribution in [3.05, 3.63) is 36.0 Å². The normalized spacial score (nSPS) is 25.6. The minimum absolute atomic E-state index is 0.270. The van der Waals surface area contributed by atoms with Crippen molar-refractivity contribution in [3.8, 4) is 0 Å². The van der Waals surface area contributed by atoms with Crippen LogP contribution >= 0.6 is 0 Å². The molecule has 2 aliphatic heterocycles. The van der Waals surface area contributed by atoms with Crippen molar-refractivity contribution in [1.29, 1.82) is 0 Å². The van der Waals surface area contributed by atoms with E-state index in [0.717, 1.165) is 48.9 Å². The largest absolute Gasteiger partial charge is 0.463 e. The topological polar surface area (TPSA) is 123 Å². The molecule has 0 N–H and O–H groups in total. The van der Waals surface area contributed by atoms with Gasteiger partial charge in [0.2, 0.25) is 0 Å². The van der Waals surface area contributed by atoms with Gasteiger partial charge in [0.1, 0.15) is 12.7 Å². The molecule has 11 nitrogen and oxygen atoms in total. The molecule has 0 saturated carbocycles. The minimum Gasteiger partial charge on any atom is -0.463 e. The summed E-state index contributed by atoms with van der Waals surface area (Å²) in [6, 6.07) is 7.81. The third-order valence-electron chi connectivity index (χ3n) is 6.91. The van der Waals surface area contributed by atoms with Gasteiger partial charge in [-0.3, -0.25) is 24.1 Å². The maximum Gasteiger partial charge on any atom is 0.303 e. The van der Waals surface area contributed by atoms with Crippen LogP contribution in [0.15, 0.2) is 30.5 Å². The molecular weight excluding hydrogens is 508 g/mol. The van der Waals surface area contributed by atoms with Gasteiger partial charge >= 0.3 is 23.9 Å². The van der Waals surface area contributed by atoms with Gasteiger partial charge in [-0.2, -0.15) is 0 Å². The Kier molecular flexibility index (Phi) is 9.24. The lowest BCUT2D eigenvalue weighted by molar-refractivity contribution is -0.267. The van der Waals surface area contributed by atoms with Crippen LogP contribution in [-0.4, -0.2) is 77.5 Å². The standard InChI is InChI=1S/C28H36N2O9/c1-17(31)35-16-24-25(36-18(2)32)26(37-19(3)33)27(38-20(4)34)28(39-24)30-15-21(14-29-12-8-5-9-13-29)22-10-6-7-11-23(22)30/h6-7,10-11,15,24-28H,5,8-9,12-14,16H2,1-4H3/t24-,25-,26+,27-,28-/m1/s1. The summed E-state index contributed by atoms with van der Waals surface area (Å²) in [6.45, 7) is 7.39. The number of likely N-dealkylation sites (tertiary alicyclic amines) is 1. The zero-order valence-corrected chi connectivity index (χ0v) is 22.8. The third kappa shape index (κ3) is 6.96. The summed E-state index contributed by atoms with van der Waals surface area (Å²) in [5.41, 5.74) is 1.89. The van der Waals surface area contributed by atoms with E-state index in [0.29, 0.717) is 0 Å². The molecule has 1 aromatic carbocycles. The number of ether oxygens (including phenoxy) is 5. The average molecular weight is 545 g/mol. The molecule has 39 heavy (non-hydrogen) atoms. The highest BCUT2D eigenvalue weighted by Crippen LogP contribution is 2.38. The molecule has 0 amide bonds. The zero-order valence-electron chi connectivity index (χ0n) is 22.8. The van der Waals surface area contributed by atoms with Gasteiger partial charge in [0.05, 0.1) is 5.52 Å². The number of nitrogens with zero attached hydrogens (tertiary/aromatic N) is 2. The number of hydrogen-bond donors (Lipinski definition) is 0. The van der Waals surface area contributed by atoms with Crippen molar-refractivity contribution >= 4 is 34.8 Å². The number of rotatable bonds is 8. The molecule has 2 fully saturated rings. The summed E-state index contributed by atoms with van der Waals surface area (Å²) in [5.74, 6) is -2.51. The van der Waals surface area contributed by atoms with Crippen LogP contribution < -0.4 is 0 Å². The van der Waals surface area contributed by atoms with Crippen molar-refractivity contribution in [1.82, 2.24) is 9.47 Å². The quantitative estimate of drug-likeness (QED) is 0.362. The second-order valence-electron chi connectivity index (χ2n) is 10.0. The van der Waals surface area contributed by atoms with Gasteiger partial charge in [-0.15, -0.1) is 0 Å². The fourth-order valence-corrected chi connectivity index (χ4v) is 5.40. The maximum absolute atomic E-state index is 12.3. The SMILES string of the molecule is CC(=O)OC[C@H]1O[C@@H](n2cc(CN3CCCCC3)c3ccccc32)[C@H](OC(C)=O)[C@@H](OC(C)=O)[C@@H]1OC(C)=O. The molecule has 2 aliphatic rings. The Morgan fingerprint density at radius 2 is 1.44 bits per heavy atom. The summed E-state index contributed by atoms with van der Waals surface area (Å²) in [5, 5.41) is 1.01. The Morgan fingerprint density at radius 1 is 0.821 bits per heavy atom. The number of fused-ring (bicyclic) bond motifs is 1. The summed E-state index contributed by atoms with van der Waals surface area (Å²) < 4.78 is 30.3. The smallest absolute Gasteiger partial charge is 0.303 e. The molecule has 3 heterocycles. The van der Waals surface area contributed by atoms with Gasteiger partial charge in [0.15, 0.2) is 24.5 Å². The number of benzene rings is 1. The van der Waals surface area contributed by atoms with Gasteiger partial charge < -0.3 is 28.3 Å². The summed E-state index contributed by atoms with van der Waals surface area (Å²) in [7, 11) is 0. The van der Waals surface area contributed by atoms with Crippen LogP contribution in [0.5, 0.6) is 0 Å². The monoisotopic (exact) mass is 544 g/mol. The molecule has 2 aromatic rings. The van der Waals surface area contributed by atoms with Crippen LogP contribution in [0.25, 0.3) is 10.9 Å². The molecule has 0 unspecified atom stereocenters. The summed E-state index contributed by atoms with van der Waals surface area (Å²) in [6.07, 6.45) is -0.0819. The highest BCUT2D eigenvalue weighted by Gasteiger charge is 2.53. The third-order valence-corrected chi connectivity index (χ3v) is 6.91. The first-order valence-corrected chi connectivity index (χ1v) is 13.3. The van der Waals surface area contributed by atoms with Crippen LogP contribution in [0.1, 0.15) is 58.7 Å². The van der Waals surface area contributed by atoms with Crippen molar-refractivity contribution in [3.63, 3.8) is 0 Å². The van der Waals surface area contributed by atoms with E-state index in [-0.39, 0.29) is 6.61 Å². The molecule has 1 aromatic heterocycles. The second kappa shape index (κ2) is 12.6. The lowest BCUT2D eigenvalue weighted by Crippen LogP contribution is -2.60. The maximum atomic E-state index is 12.3. The van der Waals surface area contributed by atoms with Crippen LogP contribution in [-0.2, 0) is 49.4 Å². The van der Waals surface area contributed by atoms with E-state index in [1.165, 1.54) is 34.1 Å². The number of hydrogen-bond acceptors (Lipinski definition) is 10. The van der Waals surface area contributed by atoms with Crippen molar-refractivity contribution in [2.75, 3.05) is 19.7 Å². The van der Waals surface area contributed by atoms with E-state index >= 15 is 0 Å². The van der Waals surface area contributed by atoms with Gasteiger partial charge in [-0.1, -0.05) is 24.6 Å². The van der Waals surface area contributed by atoms with Crippen LogP contribution in [0, 0.1) is 0 Å². The first kappa shape index (κ1) is 28.6. The Morgan fingerprint density at radius 3 is 2.08 bits per heavy atom. The summed E-state index contributed by atoms with van der Waals surface area (Å²) in [4.78, 5) is 50.5. The second-order valence-corrected chi connectivity index (χ2v) is 10.0. The molecule has 0 aliphatic carbocycles. The number of carbonyl (C=O) groups is 4. The zero-order chi connectivity index (χ0) is 28.1. The molecular formula is C28H36N2O9. The first-order chi connectivity index (χ1) is 18.6. The van der Waals surface area contributed by atoms with E-state index < -0.39 is 54.5 Å². The molecule has 212 valence electrons. The Labute approximate surface area is 227 Å². The Hall–Kier alpha value is -3.44. The van der Waals surface area contributed by atoms with E-state index in [1.807, 2.05) is 35.0 Å². The van der Waals surface area contributed by atoms with Crippen molar-refractivity contribution in [2.24, 2.45) is 0 Å². The molecule has 4 rings (SSSR count). The number of piperidine rings is 1. The van der Waals surface area contributed by atoms with Gasteiger partial charge in [0, 0.05) is 45.8 Å². The predicted octanol–water partition coefficient (Wildman–Crippen LogP) is 2.88. The van der Waals surface area contributed by atoms with E-state index in [2.05, 4.69) is 4.90 Å². The first-order valence-electron chi connectivity index (χ1n) is 13.3. The lowest BCUT2D eigenvalue weighted by Gasteiger charge is -2.44. The number of para-hydroxylation sites is 1. The van der Waals surface area contributed by atoms with E-state index in [4.69, 9.17) is 23.7 Å². The van der Waals surface area contributed by atoms with E-state index in [1.54, 1.807) is 0 Å². The van der Waals surface area contributed by atoms with Crippen molar-refractivity contribution in [2.45, 2.75) is 84.1 Å². The molecule has 2 saturated heterocycles. The van der Waals surface area contributed by atoms with E-state index in [9.17, 15) is 19.2 Å². The molecule has 0 radical (unpaired) electrons. The highest BCUT2D eigenvalue weighted by molar-refractivity contribution is 5.84. The van der Waals surface area contributed by atoms with Gasteiger partial charge in [0.25, 0.3) is 0 Å². The Balaban J connectivity index is 1.80. The fraction of sp³-hybridized carbons (Fsp3) is 0.571. The van der Waals surface area contributed by atoms with Gasteiger partial charge in [-0.25, -0.2) is 0 Å². The Bertz CT molecular complexity index is 1200. The minimum atomic E-state index is -1.22. The summed E-state index contributed by atoms with van der Waals surface area (Å²) >= 11 is 0. The average Bonchev–Trinajstić information content (AvgIpc) is 3.23. The number of aromatic nitrogens is 1. The number of esters is 4. The molecule has 5 atom stereocenters. The highest BCUT2D eigenvalue weighted by atomic mass is 16.7. The fourth-order valence-electron chi connectivity index (χ4n) is 5.40. The van der Waals surface area contributed by atoms with Crippen LogP contribution in [0.4, 0.5) is 0 Å². The lowest BCUT2D eigenvalue weighted by atomic mass is 9.97. The van der Waals surface area contributed by atoms with Gasteiger partial charge in [-0.05, 0) is 37.6 Å². The van der Waals surface area contributed by atoms with Crippen LogP contribution in [0.2, 0.25) is 0 Å². The number of carbonyl (C=O) groups excluding carboxylic acids is 4. The molecule has 11 heteroatoms. The van der Waals surface area contributed by atoms with Crippen LogP contribution in [0.3, 0.4) is 0 Å². The molecule has 0 spiro atoms. The molecule has 0 bridgehead atoms. The predicted molar refractivity (Wildman–Crippen MR) is 138 cm³/mol.